The number of nitrogens with one attached hydrogen (secondary N) is 2. The van der Waals surface area contributed by atoms with Gasteiger partial charge in [0.05, 0.1) is 4.90 Å². The summed E-state index contributed by atoms with van der Waals surface area (Å²) in [5.74, 6) is 0. The minimum atomic E-state index is -3.42. The van der Waals surface area contributed by atoms with E-state index in [2.05, 4.69) is 10.0 Å². The summed E-state index contributed by atoms with van der Waals surface area (Å²) in [6.45, 7) is 6.45. The molecule has 2 N–H and O–H groups in total. The summed E-state index contributed by atoms with van der Waals surface area (Å²) in [6.07, 6.45) is 2.00. The van der Waals surface area contributed by atoms with E-state index in [9.17, 15) is 8.42 Å². The Kier molecular flexibility index (Phi) is 5.52. The molecular formula is C14H24N2O2S. The molecule has 0 radical (unpaired) electrons. The molecule has 0 amide bonds. The second kappa shape index (κ2) is 6.50. The van der Waals surface area contributed by atoms with Crippen LogP contribution < -0.4 is 10.0 Å². The normalized spacial score (nSPS) is 12.6. The highest BCUT2D eigenvalue weighted by Gasteiger charge is 2.21. The maximum absolute atomic E-state index is 12.1. The summed E-state index contributed by atoms with van der Waals surface area (Å²) >= 11 is 0. The largest absolute Gasteiger partial charge is 0.320 e. The van der Waals surface area contributed by atoms with E-state index in [0.29, 0.717) is 4.90 Å². The van der Waals surface area contributed by atoms with E-state index in [0.717, 1.165) is 24.9 Å². The van der Waals surface area contributed by atoms with Crippen LogP contribution in [0.2, 0.25) is 0 Å². The van der Waals surface area contributed by atoms with Crippen LogP contribution in [-0.4, -0.2) is 27.5 Å². The highest BCUT2D eigenvalue weighted by atomic mass is 32.2. The smallest absolute Gasteiger partial charge is 0.241 e. The molecule has 0 fully saturated rings. The van der Waals surface area contributed by atoms with Gasteiger partial charge in [0.1, 0.15) is 0 Å². The SMILES string of the molecule is CNCCCc1ccc(S(=O)(=O)NC(C)(C)C)cc1. The fourth-order valence-electron chi connectivity index (χ4n) is 1.77. The van der Waals surface area contributed by atoms with Gasteiger partial charge in [0, 0.05) is 5.54 Å². The molecule has 1 rings (SSSR count). The third kappa shape index (κ3) is 5.72. The molecule has 0 atom stereocenters. The second-order valence-electron chi connectivity index (χ2n) is 5.71. The molecule has 1 aromatic carbocycles. The first kappa shape index (κ1) is 16.1. The zero-order valence-electron chi connectivity index (χ0n) is 12.2. The quantitative estimate of drug-likeness (QED) is 0.785. The van der Waals surface area contributed by atoms with Crippen LogP contribution >= 0.6 is 0 Å². The first-order valence-corrected chi connectivity index (χ1v) is 8.00. The lowest BCUT2D eigenvalue weighted by Gasteiger charge is -2.20. The van der Waals surface area contributed by atoms with Gasteiger partial charge in [-0.25, -0.2) is 13.1 Å². The molecule has 0 bridgehead atoms. The number of hydrogen-bond acceptors (Lipinski definition) is 3. The molecule has 0 spiro atoms. The van der Waals surface area contributed by atoms with E-state index in [1.54, 1.807) is 12.1 Å². The van der Waals surface area contributed by atoms with Gasteiger partial charge >= 0.3 is 0 Å². The van der Waals surface area contributed by atoms with Crippen LogP contribution in [0.25, 0.3) is 0 Å². The molecule has 0 saturated carbocycles. The van der Waals surface area contributed by atoms with Crippen molar-refractivity contribution in [2.24, 2.45) is 0 Å². The molecule has 0 heterocycles. The summed E-state index contributed by atoms with van der Waals surface area (Å²) < 4.78 is 26.8. The number of sulfonamides is 1. The lowest BCUT2D eigenvalue weighted by atomic mass is 10.1. The van der Waals surface area contributed by atoms with Gasteiger partial charge in [-0.1, -0.05) is 12.1 Å². The Labute approximate surface area is 116 Å². The van der Waals surface area contributed by atoms with Gasteiger partial charge < -0.3 is 5.32 Å². The van der Waals surface area contributed by atoms with Crippen LogP contribution in [-0.2, 0) is 16.4 Å². The molecule has 19 heavy (non-hydrogen) atoms. The zero-order chi connectivity index (χ0) is 14.5. The predicted octanol–water partition coefficient (Wildman–Crippen LogP) is 1.92. The van der Waals surface area contributed by atoms with E-state index in [1.165, 1.54) is 0 Å². The van der Waals surface area contributed by atoms with Gasteiger partial charge in [-0.15, -0.1) is 0 Å². The van der Waals surface area contributed by atoms with Crippen molar-refractivity contribution in [1.82, 2.24) is 10.0 Å². The average molecular weight is 284 g/mol. The molecule has 0 saturated heterocycles. The summed E-state index contributed by atoms with van der Waals surface area (Å²) in [6, 6.07) is 7.10. The number of hydrogen-bond donors (Lipinski definition) is 2. The number of aryl methyl sites for hydroxylation is 1. The number of rotatable bonds is 6. The fraction of sp³-hybridized carbons (Fsp3) is 0.571. The van der Waals surface area contributed by atoms with Crippen molar-refractivity contribution in [3.8, 4) is 0 Å². The van der Waals surface area contributed by atoms with Crippen molar-refractivity contribution in [2.45, 2.75) is 44.0 Å². The summed E-state index contributed by atoms with van der Waals surface area (Å²) in [4.78, 5) is 0.319. The van der Waals surface area contributed by atoms with Crippen LogP contribution in [0.1, 0.15) is 32.8 Å². The van der Waals surface area contributed by atoms with Crippen LogP contribution in [0.15, 0.2) is 29.2 Å². The van der Waals surface area contributed by atoms with Gasteiger partial charge in [-0.05, 0) is 64.9 Å². The lowest BCUT2D eigenvalue weighted by Crippen LogP contribution is -2.40. The number of benzene rings is 1. The Morgan fingerprint density at radius 3 is 2.16 bits per heavy atom. The molecule has 108 valence electrons. The van der Waals surface area contributed by atoms with E-state index in [4.69, 9.17) is 0 Å². The van der Waals surface area contributed by atoms with E-state index < -0.39 is 15.6 Å². The molecule has 1 aromatic rings. The zero-order valence-corrected chi connectivity index (χ0v) is 13.0. The molecule has 0 unspecified atom stereocenters. The Morgan fingerprint density at radius 2 is 1.68 bits per heavy atom. The van der Waals surface area contributed by atoms with Crippen LogP contribution in [0.5, 0.6) is 0 Å². The first-order valence-electron chi connectivity index (χ1n) is 6.52. The Balaban J connectivity index is 2.75. The monoisotopic (exact) mass is 284 g/mol. The van der Waals surface area contributed by atoms with Crippen LogP contribution in [0.3, 0.4) is 0 Å². The van der Waals surface area contributed by atoms with Crippen molar-refractivity contribution in [1.29, 1.82) is 0 Å². The maximum atomic E-state index is 12.1. The van der Waals surface area contributed by atoms with Crippen molar-refractivity contribution < 1.29 is 8.42 Å². The van der Waals surface area contributed by atoms with Gasteiger partial charge in [0.15, 0.2) is 0 Å². The molecule has 4 nitrogen and oxygen atoms in total. The van der Waals surface area contributed by atoms with E-state index in [1.807, 2.05) is 40.0 Å². The Bertz CT molecular complexity index is 487. The van der Waals surface area contributed by atoms with Crippen LogP contribution in [0, 0.1) is 0 Å². The minimum absolute atomic E-state index is 0.319. The highest BCUT2D eigenvalue weighted by Crippen LogP contribution is 2.14. The highest BCUT2D eigenvalue weighted by molar-refractivity contribution is 7.89. The fourth-order valence-corrected chi connectivity index (χ4v) is 3.19. The topological polar surface area (TPSA) is 58.2 Å². The van der Waals surface area contributed by atoms with Gasteiger partial charge in [0.25, 0.3) is 0 Å². The van der Waals surface area contributed by atoms with Crippen molar-refractivity contribution in [2.75, 3.05) is 13.6 Å². The molecule has 5 heteroatoms. The minimum Gasteiger partial charge on any atom is -0.320 e. The Hall–Kier alpha value is -0.910. The summed E-state index contributed by atoms with van der Waals surface area (Å²) in [5.41, 5.74) is 0.689. The van der Waals surface area contributed by atoms with Crippen molar-refractivity contribution in [3.05, 3.63) is 29.8 Å². The van der Waals surface area contributed by atoms with Gasteiger partial charge in [-0.2, -0.15) is 0 Å². The average Bonchev–Trinajstić information content (AvgIpc) is 2.27. The standard InChI is InChI=1S/C14H24N2O2S/c1-14(2,3)16-19(17,18)13-9-7-12(8-10-13)6-5-11-15-4/h7-10,15-16H,5-6,11H2,1-4H3. The van der Waals surface area contributed by atoms with Crippen LogP contribution in [0.4, 0.5) is 0 Å². The molecule has 0 aromatic heterocycles. The molecular weight excluding hydrogens is 260 g/mol. The summed E-state index contributed by atoms with van der Waals surface area (Å²) in [5, 5.41) is 3.09. The third-order valence-electron chi connectivity index (χ3n) is 2.57. The third-order valence-corrected chi connectivity index (χ3v) is 4.34. The van der Waals surface area contributed by atoms with Crippen molar-refractivity contribution >= 4 is 10.0 Å². The Morgan fingerprint density at radius 1 is 1.11 bits per heavy atom. The molecule has 0 aliphatic heterocycles. The van der Waals surface area contributed by atoms with Gasteiger partial charge in [-0.3, -0.25) is 0 Å². The molecule has 0 aliphatic carbocycles. The van der Waals surface area contributed by atoms with E-state index in [-0.39, 0.29) is 0 Å². The van der Waals surface area contributed by atoms with Gasteiger partial charge in [0.2, 0.25) is 10.0 Å². The van der Waals surface area contributed by atoms with Crippen molar-refractivity contribution in [3.63, 3.8) is 0 Å². The van der Waals surface area contributed by atoms with E-state index >= 15 is 0 Å². The maximum Gasteiger partial charge on any atom is 0.241 e. The first-order chi connectivity index (χ1) is 8.74. The molecule has 0 aliphatic rings. The predicted molar refractivity (Wildman–Crippen MR) is 78.8 cm³/mol. The lowest BCUT2D eigenvalue weighted by molar-refractivity contribution is 0.491. The summed E-state index contributed by atoms with van der Waals surface area (Å²) in [7, 11) is -1.50. The second-order valence-corrected chi connectivity index (χ2v) is 7.39.